The van der Waals surface area contributed by atoms with E-state index < -0.39 is 5.91 Å². The average molecular weight is 457 g/mol. The minimum atomic E-state index is -0.402. The molecule has 0 bridgehead atoms. The van der Waals surface area contributed by atoms with Gasteiger partial charge in [0.15, 0.2) is 11.5 Å². The standard InChI is InChI=1S/C23H22Cl2N4O2/c1-13-2-6-16(20(30)9-14-3-4-14)10-19(13)29-12-28-21(22(29)26)23(31)27-11-15-5-7-17(24)18(25)8-15/h2,5-8,10,12,14H,3-4,9,11,26H2,1H3,(H,27,31). The SMILES string of the molecule is Cc1ccc(C(=O)CC2CC2)cc1-n1cnc(C(=O)NCc2ccc(Cl)c(Cl)c2)c1N. The van der Waals surface area contributed by atoms with Crippen LogP contribution < -0.4 is 11.1 Å². The first kappa shape index (κ1) is 21.4. The molecule has 3 N–H and O–H groups in total. The maximum Gasteiger partial charge on any atom is 0.273 e. The van der Waals surface area contributed by atoms with Crippen molar-refractivity contribution in [2.45, 2.75) is 32.7 Å². The molecule has 1 aliphatic carbocycles. The summed E-state index contributed by atoms with van der Waals surface area (Å²) in [5.74, 6) is 0.450. The summed E-state index contributed by atoms with van der Waals surface area (Å²) in [4.78, 5) is 29.4. The molecule has 0 unspecified atom stereocenters. The Morgan fingerprint density at radius 2 is 1.94 bits per heavy atom. The van der Waals surface area contributed by atoms with Crippen LogP contribution in [0.4, 0.5) is 5.82 Å². The molecule has 0 saturated heterocycles. The highest BCUT2D eigenvalue weighted by Gasteiger charge is 2.25. The monoisotopic (exact) mass is 456 g/mol. The molecule has 1 amide bonds. The zero-order chi connectivity index (χ0) is 22.1. The van der Waals surface area contributed by atoms with Gasteiger partial charge in [-0.05, 0) is 55.0 Å². The summed E-state index contributed by atoms with van der Waals surface area (Å²) in [6.07, 6.45) is 4.32. The fourth-order valence-corrected chi connectivity index (χ4v) is 3.71. The van der Waals surface area contributed by atoms with Gasteiger partial charge in [-0.2, -0.15) is 0 Å². The van der Waals surface area contributed by atoms with Crippen LogP contribution in [0, 0.1) is 12.8 Å². The molecule has 6 nitrogen and oxygen atoms in total. The molecule has 8 heteroatoms. The third kappa shape index (κ3) is 4.75. The van der Waals surface area contributed by atoms with Crippen molar-refractivity contribution in [1.82, 2.24) is 14.9 Å². The van der Waals surface area contributed by atoms with Gasteiger partial charge in [-0.15, -0.1) is 0 Å². The van der Waals surface area contributed by atoms with E-state index >= 15 is 0 Å². The normalized spacial score (nSPS) is 13.3. The van der Waals surface area contributed by atoms with Gasteiger partial charge in [0, 0.05) is 18.5 Å². The van der Waals surface area contributed by atoms with Crippen LogP contribution >= 0.6 is 23.2 Å². The predicted molar refractivity (Wildman–Crippen MR) is 122 cm³/mol. The first-order valence-electron chi connectivity index (χ1n) is 10.0. The number of rotatable bonds is 7. The van der Waals surface area contributed by atoms with Crippen LogP contribution in [-0.4, -0.2) is 21.2 Å². The number of amides is 1. The summed E-state index contributed by atoms with van der Waals surface area (Å²) in [5, 5.41) is 3.66. The summed E-state index contributed by atoms with van der Waals surface area (Å²) < 4.78 is 1.64. The highest BCUT2D eigenvalue weighted by Crippen LogP contribution is 2.34. The molecule has 31 heavy (non-hydrogen) atoms. The Hall–Kier alpha value is -2.83. The van der Waals surface area contributed by atoms with Gasteiger partial charge < -0.3 is 11.1 Å². The number of nitrogens with zero attached hydrogens (tertiary/aromatic N) is 2. The molecule has 4 rings (SSSR count). The summed E-state index contributed by atoms with van der Waals surface area (Å²) in [5.41, 5.74) is 9.48. The van der Waals surface area contributed by atoms with Crippen molar-refractivity contribution in [3.05, 3.63) is 75.2 Å². The minimum Gasteiger partial charge on any atom is -0.383 e. The number of Topliss-reactive ketones (excluding diaryl/α,β-unsaturated/α-hetero) is 1. The first-order chi connectivity index (χ1) is 14.8. The summed E-state index contributed by atoms with van der Waals surface area (Å²) in [6, 6.07) is 10.7. The second-order valence-electron chi connectivity index (χ2n) is 7.85. The maximum atomic E-state index is 12.6. The summed E-state index contributed by atoms with van der Waals surface area (Å²) >= 11 is 11.9. The number of nitrogens with two attached hydrogens (primary N) is 1. The molecule has 1 aliphatic rings. The molecule has 0 spiro atoms. The minimum absolute atomic E-state index is 0.120. The van der Waals surface area contributed by atoms with Crippen LogP contribution in [0.15, 0.2) is 42.7 Å². The van der Waals surface area contributed by atoms with E-state index in [9.17, 15) is 9.59 Å². The van der Waals surface area contributed by atoms with Crippen LogP contribution in [0.3, 0.4) is 0 Å². The van der Waals surface area contributed by atoms with E-state index in [1.165, 1.54) is 6.33 Å². The number of nitrogens with one attached hydrogen (secondary N) is 1. The number of halogens is 2. The van der Waals surface area contributed by atoms with Crippen molar-refractivity contribution in [3.63, 3.8) is 0 Å². The van der Waals surface area contributed by atoms with E-state index in [1.54, 1.807) is 22.8 Å². The zero-order valence-corrected chi connectivity index (χ0v) is 18.5. The Labute approximate surface area is 190 Å². The largest absolute Gasteiger partial charge is 0.383 e. The number of imidazole rings is 1. The number of aryl methyl sites for hydroxylation is 1. The van der Waals surface area contributed by atoms with Crippen LogP contribution in [0.1, 0.15) is 51.2 Å². The number of carbonyl (C=O) groups excluding carboxylic acids is 2. The van der Waals surface area contributed by atoms with Crippen molar-refractivity contribution >= 4 is 40.7 Å². The Bertz CT molecular complexity index is 1170. The van der Waals surface area contributed by atoms with Gasteiger partial charge in [0.05, 0.1) is 15.7 Å². The van der Waals surface area contributed by atoms with Crippen LogP contribution in [0.5, 0.6) is 0 Å². The molecule has 0 atom stereocenters. The molecule has 0 aliphatic heterocycles. The van der Waals surface area contributed by atoms with Crippen molar-refractivity contribution < 1.29 is 9.59 Å². The molecule has 160 valence electrons. The Balaban J connectivity index is 1.52. The van der Waals surface area contributed by atoms with E-state index in [4.69, 9.17) is 28.9 Å². The number of hydrogen-bond acceptors (Lipinski definition) is 4. The molecular formula is C23H22Cl2N4O2. The van der Waals surface area contributed by atoms with Gasteiger partial charge in [0.25, 0.3) is 5.91 Å². The molecular weight excluding hydrogens is 435 g/mol. The highest BCUT2D eigenvalue weighted by molar-refractivity contribution is 6.42. The fourth-order valence-electron chi connectivity index (χ4n) is 3.38. The zero-order valence-electron chi connectivity index (χ0n) is 17.0. The van der Waals surface area contributed by atoms with E-state index in [2.05, 4.69) is 10.3 Å². The van der Waals surface area contributed by atoms with E-state index in [1.807, 2.05) is 25.1 Å². The lowest BCUT2D eigenvalue weighted by Crippen LogP contribution is -2.24. The van der Waals surface area contributed by atoms with Gasteiger partial charge in [-0.3, -0.25) is 14.2 Å². The average Bonchev–Trinajstić information content (AvgIpc) is 3.48. The third-order valence-electron chi connectivity index (χ3n) is 5.42. The lowest BCUT2D eigenvalue weighted by Gasteiger charge is -2.11. The van der Waals surface area contributed by atoms with Crippen molar-refractivity contribution in [1.29, 1.82) is 0 Å². The second-order valence-corrected chi connectivity index (χ2v) is 8.67. The molecule has 1 fully saturated rings. The van der Waals surface area contributed by atoms with Gasteiger partial charge in [0.1, 0.15) is 12.1 Å². The van der Waals surface area contributed by atoms with Gasteiger partial charge in [-0.25, -0.2) is 4.98 Å². The number of hydrogen-bond donors (Lipinski definition) is 2. The van der Waals surface area contributed by atoms with E-state index in [-0.39, 0.29) is 23.8 Å². The van der Waals surface area contributed by atoms with Crippen molar-refractivity contribution in [3.8, 4) is 5.69 Å². The van der Waals surface area contributed by atoms with Gasteiger partial charge >= 0.3 is 0 Å². The lowest BCUT2D eigenvalue weighted by molar-refractivity contribution is 0.0945. The molecule has 1 heterocycles. The van der Waals surface area contributed by atoms with Crippen LogP contribution in [0.2, 0.25) is 10.0 Å². The van der Waals surface area contributed by atoms with E-state index in [0.717, 1.165) is 29.7 Å². The predicted octanol–water partition coefficient (Wildman–Crippen LogP) is 4.98. The molecule has 1 aromatic heterocycles. The number of ketones is 1. The van der Waals surface area contributed by atoms with Crippen molar-refractivity contribution in [2.24, 2.45) is 5.92 Å². The van der Waals surface area contributed by atoms with E-state index in [0.29, 0.717) is 27.9 Å². The Kier molecular flexibility index (Phi) is 6.03. The summed E-state index contributed by atoms with van der Waals surface area (Å²) in [7, 11) is 0. The summed E-state index contributed by atoms with van der Waals surface area (Å²) in [6.45, 7) is 2.18. The fraction of sp³-hybridized carbons (Fsp3) is 0.261. The Morgan fingerprint density at radius 1 is 1.16 bits per heavy atom. The number of carbonyl (C=O) groups is 2. The smallest absolute Gasteiger partial charge is 0.273 e. The third-order valence-corrected chi connectivity index (χ3v) is 6.16. The van der Waals surface area contributed by atoms with Crippen LogP contribution in [-0.2, 0) is 6.54 Å². The van der Waals surface area contributed by atoms with Crippen molar-refractivity contribution in [2.75, 3.05) is 5.73 Å². The topological polar surface area (TPSA) is 90.0 Å². The quantitative estimate of drug-likeness (QED) is 0.490. The molecule has 1 saturated carbocycles. The highest BCUT2D eigenvalue weighted by atomic mass is 35.5. The van der Waals surface area contributed by atoms with Crippen LogP contribution in [0.25, 0.3) is 5.69 Å². The molecule has 0 radical (unpaired) electrons. The van der Waals surface area contributed by atoms with Gasteiger partial charge in [-0.1, -0.05) is 41.4 Å². The lowest BCUT2D eigenvalue weighted by atomic mass is 10.0. The number of benzene rings is 2. The number of aromatic nitrogens is 2. The Morgan fingerprint density at radius 3 is 2.65 bits per heavy atom. The van der Waals surface area contributed by atoms with Gasteiger partial charge in [0.2, 0.25) is 0 Å². The maximum absolute atomic E-state index is 12.6. The first-order valence-corrected chi connectivity index (χ1v) is 10.8. The molecule has 2 aromatic carbocycles. The number of nitrogen functional groups attached to an aromatic ring is 1. The number of anilines is 1. The second kappa shape index (κ2) is 8.73. The molecule has 3 aromatic rings.